The van der Waals surface area contributed by atoms with Gasteiger partial charge in [-0.15, -0.1) is 0 Å². The van der Waals surface area contributed by atoms with E-state index in [4.69, 9.17) is 0 Å². The number of unbranched alkanes of at least 4 members (excludes halogenated alkanes) is 2. The van der Waals surface area contributed by atoms with Gasteiger partial charge in [0.15, 0.2) is 0 Å². The van der Waals surface area contributed by atoms with Crippen LogP contribution in [0.5, 0.6) is 0 Å². The van der Waals surface area contributed by atoms with Gasteiger partial charge in [0.05, 0.1) is 0 Å². The van der Waals surface area contributed by atoms with Gasteiger partial charge in [0.1, 0.15) is 0 Å². The second-order valence-electron chi connectivity index (χ2n) is 4.74. The summed E-state index contributed by atoms with van der Waals surface area (Å²) >= 11 is 0. The minimum Gasteiger partial charge on any atom is -0.356 e. The smallest absolute Gasteiger partial charge is 0.220 e. The number of nitrogens with one attached hydrogen (secondary N) is 2. The first-order chi connectivity index (χ1) is 7.83. The highest BCUT2D eigenvalue weighted by Crippen LogP contribution is 2.11. The minimum atomic E-state index is 0.225. The molecule has 94 valence electrons. The summed E-state index contributed by atoms with van der Waals surface area (Å²) in [6.07, 6.45) is 9.07. The molecule has 0 spiro atoms. The fourth-order valence-corrected chi connectivity index (χ4v) is 2.17. The second-order valence-corrected chi connectivity index (χ2v) is 4.74. The number of hydrogen-bond acceptors (Lipinski definition) is 2. The van der Waals surface area contributed by atoms with Crippen molar-refractivity contribution in [3.8, 4) is 0 Å². The van der Waals surface area contributed by atoms with E-state index < -0.39 is 0 Å². The van der Waals surface area contributed by atoms with Gasteiger partial charge in [-0.2, -0.15) is 0 Å². The first kappa shape index (κ1) is 13.5. The van der Waals surface area contributed by atoms with Gasteiger partial charge in [0.2, 0.25) is 5.91 Å². The molecule has 1 amide bonds. The van der Waals surface area contributed by atoms with Gasteiger partial charge < -0.3 is 10.6 Å². The Kier molecular flexibility index (Phi) is 7.23. The highest BCUT2D eigenvalue weighted by molar-refractivity contribution is 5.75. The third-order valence-electron chi connectivity index (χ3n) is 3.23. The summed E-state index contributed by atoms with van der Waals surface area (Å²) in [6.45, 7) is 4.16. The molecule has 0 saturated carbocycles. The van der Waals surface area contributed by atoms with Gasteiger partial charge in [0, 0.05) is 19.0 Å². The molecule has 0 radical (unpaired) electrons. The lowest BCUT2D eigenvalue weighted by molar-refractivity contribution is -0.121. The number of amides is 1. The standard InChI is InChI=1S/C13H26N2O/c1-2-3-5-11-15-13(16)9-8-12-7-4-6-10-14-12/h12,14H,2-11H2,1H3,(H,15,16). The number of piperidine rings is 1. The molecule has 0 bridgehead atoms. The van der Waals surface area contributed by atoms with Gasteiger partial charge in [-0.25, -0.2) is 0 Å². The van der Waals surface area contributed by atoms with E-state index in [9.17, 15) is 4.79 Å². The van der Waals surface area contributed by atoms with Gasteiger partial charge in [-0.1, -0.05) is 26.2 Å². The van der Waals surface area contributed by atoms with E-state index in [2.05, 4.69) is 17.6 Å². The van der Waals surface area contributed by atoms with Crippen molar-refractivity contribution in [2.75, 3.05) is 13.1 Å². The summed E-state index contributed by atoms with van der Waals surface area (Å²) in [6, 6.07) is 0.579. The van der Waals surface area contributed by atoms with E-state index in [0.29, 0.717) is 12.5 Å². The molecular formula is C13H26N2O. The molecule has 1 aliphatic heterocycles. The van der Waals surface area contributed by atoms with Crippen LogP contribution in [0.1, 0.15) is 58.3 Å². The van der Waals surface area contributed by atoms with Crippen LogP contribution in [-0.2, 0) is 4.79 Å². The van der Waals surface area contributed by atoms with Crippen LogP contribution >= 0.6 is 0 Å². The topological polar surface area (TPSA) is 41.1 Å². The zero-order valence-corrected chi connectivity index (χ0v) is 10.6. The summed E-state index contributed by atoms with van der Waals surface area (Å²) < 4.78 is 0. The number of carbonyl (C=O) groups excluding carboxylic acids is 1. The van der Waals surface area contributed by atoms with Crippen molar-refractivity contribution in [2.24, 2.45) is 0 Å². The molecule has 1 saturated heterocycles. The molecule has 0 aromatic rings. The average molecular weight is 226 g/mol. The predicted octanol–water partition coefficient (Wildman–Crippen LogP) is 2.22. The Morgan fingerprint density at radius 3 is 2.94 bits per heavy atom. The molecule has 1 unspecified atom stereocenters. The fourth-order valence-electron chi connectivity index (χ4n) is 2.17. The van der Waals surface area contributed by atoms with E-state index >= 15 is 0 Å². The maximum atomic E-state index is 11.5. The molecule has 16 heavy (non-hydrogen) atoms. The first-order valence-electron chi connectivity index (χ1n) is 6.83. The van der Waals surface area contributed by atoms with Crippen molar-refractivity contribution in [3.63, 3.8) is 0 Å². The Labute approximate surface area is 99.4 Å². The van der Waals surface area contributed by atoms with Gasteiger partial charge in [-0.05, 0) is 32.2 Å². The quantitative estimate of drug-likeness (QED) is 0.654. The van der Waals surface area contributed by atoms with Crippen LogP contribution in [0.25, 0.3) is 0 Å². The van der Waals surface area contributed by atoms with Gasteiger partial charge in [-0.3, -0.25) is 4.79 Å². The Morgan fingerprint density at radius 2 is 2.25 bits per heavy atom. The van der Waals surface area contributed by atoms with Crippen molar-refractivity contribution in [2.45, 2.75) is 64.3 Å². The summed E-state index contributed by atoms with van der Waals surface area (Å²) in [5.41, 5.74) is 0. The van der Waals surface area contributed by atoms with Crippen molar-refractivity contribution >= 4 is 5.91 Å². The third-order valence-corrected chi connectivity index (χ3v) is 3.23. The molecule has 1 fully saturated rings. The zero-order valence-electron chi connectivity index (χ0n) is 10.6. The molecule has 0 aromatic carbocycles. The summed E-state index contributed by atoms with van der Waals surface area (Å²) in [5, 5.41) is 6.46. The molecule has 3 nitrogen and oxygen atoms in total. The van der Waals surface area contributed by atoms with Crippen LogP contribution in [-0.4, -0.2) is 25.0 Å². The van der Waals surface area contributed by atoms with Crippen molar-refractivity contribution < 1.29 is 4.79 Å². The summed E-state index contributed by atoms with van der Waals surface area (Å²) in [7, 11) is 0. The second kappa shape index (κ2) is 8.57. The lowest BCUT2D eigenvalue weighted by Crippen LogP contribution is -2.35. The van der Waals surface area contributed by atoms with Crippen molar-refractivity contribution in [1.82, 2.24) is 10.6 Å². The third kappa shape index (κ3) is 6.11. The van der Waals surface area contributed by atoms with Crippen LogP contribution in [0.2, 0.25) is 0 Å². The molecule has 1 heterocycles. The van der Waals surface area contributed by atoms with Crippen LogP contribution in [0.4, 0.5) is 0 Å². The molecule has 1 rings (SSSR count). The van der Waals surface area contributed by atoms with Crippen LogP contribution in [0.15, 0.2) is 0 Å². The summed E-state index contributed by atoms with van der Waals surface area (Å²) in [4.78, 5) is 11.5. The number of rotatable bonds is 7. The molecule has 2 N–H and O–H groups in total. The Balaban J connectivity index is 1.96. The fraction of sp³-hybridized carbons (Fsp3) is 0.923. The van der Waals surface area contributed by atoms with E-state index in [1.165, 1.54) is 32.1 Å². The number of carbonyl (C=O) groups is 1. The maximum Gasteiger partial charge on any atom is 0.220 e. The maximum absolute atomic E-state index is 11.5. The number of hydrogen-bond donors (Lipinski definition) is 2. The van der Waals surface area contributed by atoms with Crippen molar-refractivity contribution in [1.29, 1.82) is 0 Å². The lowest BCUT2D eigenvalue weighted by atomic mass is 10.0. The Morgan fingerprint density at radius 1 is 1.38 bits per heavy atom. The Bertz CT molecular complexity index is 188. The first-order valence-corrected chi connectivity index (χ1v) is 6.83. The van der Waals surface area contributed by atoms with E-state index in [1.807, 2.05) is 0 Å². The molecular weight excluding hydrogens is 200 g/mol. The van der Waals surface area contributed by atoms with Crippen molar-refractivity contribution in [3.05, 3.63) is 0 Å². The van der Waals surface area contributed by atoms with Crippen LogP contribution < -0.4 is 10.6 Å². The van der Waals surface area contributed by atoms with E-state index in [-0.39, 0.29) is 5.91 Å². The minimum absolute atomic E-state index is 0.225. The average Bonchev–Trinajstić information content (AvgIpc) is 2.33. The SMILES string of the molecule is CCCCCNC(=O)CCC1CCCCN1. The molecule has 3 heteroatoms. The zero-order chi connectivity index (χ0) is 11.6. The van der Waals surface area contributed by atoms with Gasteiger partial charge in [0.25, 0.3) is 0 Å². The van der Waals surface area contributed by atoms with Crippen LogP contribution in [0.3, 0.4) is 0 Å². The highest BCUT2D eigenvalue weighted by atomic mass is 16.1. The molecule has 0 aromatic heterocycles. The van der Waals surface area contributed by atoms with Gasteiger partial charge >= 0.3 is 0 Å². The summed E-state index contributed by atoms with van der Waals surface area (Å²) in [5.74, 6) is 0.225. The van der Waals surface area contributed by atoms with E-state index in [0.717, 1.165) is 25.9 Å². The highest BCUT2D eigenvalue weighted by Gasteiger charge is 2.13. The molecule has 1 aliphatic rings. The monoisotopic (exact) mass is 226 g/mol. The lowest BCUT2D eigenvalue weighted by Gasteiger charge is -2.23. The Hall–Kier alpha value is -0.570. The van der Waals surface area contributed by atoms with Crippen LogP contribution in [0, 0.1) is 0 Å². The van der Waals surface area contributed by atoms with E-state index in [1.54, 1.807) is 0 Å². The molecule has 0 aliphatic carbocycles. The largest absolute Gasteiger partial charge is 0.356 e. The predicted molar refractivity (Wildman–Crippen MR) is 67.4 cm³/mol. The molecule has 1 atom stereocenters. The normalized spacial score (nSPS) is 20.7.